The van der Waals surface area contributed by atoms with Gasteiger partial charge in [0.05, 0.1) is 32.6 Å². The van der Waals surface area contributed by atoms with E-state index in [0.717, 1.165) is 56.1 Å². The van der Waals surface area contributed by atoms with E-state index in [1.807, 2.05) is 30.3 Å². The molecule has 1 saturated heterocycles. The van der Waals surface area contributed by atoms with Crippen LogP contribution in [-0.4, -0.2) is 65.4 Å². The molecule has 5 rings (SSSR count). The van der Waals surface area contributed by atoms with E-state index in [2.05, 4.69) is 26.5 Å². The lowest BCUT2D eigenvalue weighted by molar-refractivity contribution is 0.0950. The fourth-order valence-corrected chi connectivity index (χ4v) is 4.91. The maximum atomic E-state index is 13.3. The molecule has 2 N–H and O–H groups in total. The molecule has 2 amide bonds. The number of anilines is 3. The molecule has 0 bridgehead atoms. The minimum absolute atomic E-state index is 0.134. The Labute approximate surface area is 228 Å². The number of rotatable bonds is 9. The standard InChI is InChI=1S/C30H34N4O5/c1-37-25-8-5-4-7-24(25)34-17-15-33(16-18-34)23-14-13-21(19-22(23)29(35)31-20-11-12-20)32-30(36)28-26(38-2)9-6-10-27(28)39-3/h4-10,13-14,19-20H,11-12,15-18H2,1-3H3,(H,31,35)(H,32,36). The van der Waals surface area contributed by atoms with Crippen LogP contribution in [0.15, 0.2) is 60.7 Å². The lowest BCUT2D eigenvalue weighted by Crippen LogP contribution is -2.47. The molecular formula is C30H34N4O5. The van der Waals surface area contributed by atoms with Gasteiger partial charge in [0.25, 0.3) is 11.8 Å². The van der Waals surface area contributed by atoms with Gasteiger partial charge in [0.2, 0.25) is 0 Å². The van der Waals surface area contributed by atoms with Crippen LogP contribution in [0, 0.1) is 0 Å². The number of hydrogen-bond acceptors (Lipinski definition) is 7. The van der Waals surface area contributed by atoms with Gasteiger partial charge in [-0.05, 0) is 55.3 Å². The van der Waals surface area contributed by atoms with E-state index in [0.29, 0.717) is 28.3 Å². The van der Waals surface area contributed by atoms with Gasteiger partial charge in [-0.1, -0.05) is 18.2 Å². The number of methoxy groups -OCH3 is 3. The molecule has 9 nitrogen and oxygen atoms in total. The summed E-state index contributed by atoms with van der Waals surface area (Å²) >= 11 is 0. The van der Waals surface area contributed by atoms with E-state index in [4.69, 9.17) is 14.2 Å². The van der Waals surface area contributed by atoms with E-state index in [-0.39, 0.29) is 17.9 Å². The minimum atomic E-state index is -0.379. The fraction of sp³-hybridized carbons (Fsp3) is 0.333. The van der Waals surface area contributed by atoms with Crippen molar-refractivity contribution >= 4 is 28.9 Å². The zero-order valence-electron chi connectivity index (χ0n) is 22.5. The first-order chi connectivity index (χ1) is 19.0. The predicted octanol–water partition coefficient (Wildman–Crippen LogP) is 4.18. The molecule has 1 heterocycles. The lowest BCUT2D eigenvalue weighted by atomic mass is 10.1. The smallest absolute Gasteiger partial charge is 0.263 e. The van der Waals surface area contributed by atoms with Gasteiger partial charge in [-0.2, -0.15) is 0 Å². The monoisotopic (exact) mass is 530 g/mol. The number of nitrogens with one attached hydrogen (secondary N) is 2. The van der Waals surface area contributed by atoms with Crippen LogP contribution in [0.25, 0.3) is 0 Å². The number of para-hydroxylation sites is 2. The van der Waals surface area contributed by atoms with Gasteiger partial charge in [0.15, 0.2) is 0 Å². The highest BCUT2D eigenvalue weighted by atomic mass is 16.5. The summed E-state index contributed by atoms with van der Waals surface area (Å²) < 4.78 is 16.3. The molecule has 2 fully saturated rings. The molecule has 1 aliphatic heterocycles. The number of nitrogens with zero attached hydrogens (tertiary/aromatic N) is 2. The molecule has 0 spiro atoms. The average Bonchev–Trinajstić information content (AvgIpc) is 3.80. The number of amides is 2. The number of hydrogen-bond donors (Lipinski definition) is 2. The topological polar surface area (TPSA) is 92.4 Å². The van der Waals surface area contributed by atoms with Gasteiger partial charge in [-0.25, -0.2) is 0 Å². The van der Waals surface area contributed by atoms with E-state index in [9.17, 15) is 9.59 Å². The van der Waals surface area contributed by atoms with E-state index >= 15 is 0 Å². The highest BCUT2D eigenvalue weighted by molar-refractivity contribution is 6.09. The van der Waals surface area contributed by atoms with Crippen LogP contribution in [0.1, 0.15) is 33.6 Å². The number of carbonyl (C=O) groups excluding carboxylic acids is 2. The van der Waals surface area contributed by atoms with Crippen molar-refractivity contribution in [1.82, 2.24) is 5.32 Å². The Morgan fingerprint density at radius 1 is 0.718 bits per heavy atom. The molecule has 204 valence electrons. The molecule has 9 heteroatoms. The summed E-state index contributed by atoms with van der Waals surface area (Å²) in [4.78, 5) is 31.1. The lowest BCUT2D eigenvalue weighted by Gasteiger charge is -2.38. The van der Waals surface area contributed by atoms with Crippen molar-refractivity contribution in [3.63, 3.8) is 0 Å². The molecule has 0 radical (unpaired) electrons. The third kappa shape index (κ3) is 5.72. The Bertz CT molecular complexity index is 1330. The second kappa shape index (κ2) is 11.6. The third-order valence-electron chi connectivity index (χ3n) is 7.11. The highest BCUT2D eigenvalue weighted by Gasteiger charge is 2.28. The first-order valence-corrected chi connectivity index (χ1v) is 13.1. The fourth-order valence-electron chi connectivity index (χ4n) is 4.91. The largest absolute Gasteiger partial charge is 0.496 e. The summed E-state index contributed by atoms with van der Waals surface area (Å²) in [6, 6.07) is 18.9. The minimum Gasteiger partial charge on any atom is -0.496 e. The molecule has 1 aliphatic carbocycles. The van der Waals surface area contributed by atoms with Crippen LogP contribution >= 0.6 is 0 Å². The second-order valence-electron chi connectivity index (χ2n) is 9.62. The Hall–Kier alpha value is -4.40. The van der Waals surface area contributed by atoms with Crippen molar-refractivity contribution in [2.24, 2.45) is 0 Å². The SMILES string of the molecule is COc1ccccc1N1CCN(c2ccc(NC(=O)c3c(OC)cccc3OC)cc2C(=O)NC2CC2)CC1. The van der Waals surface area contributed by atoms with Crippen molar-refractivity contribution in [3.8, 4) is 17.2 Å². The summed E-state index contributed by atoms with van der Waals surface area (Å²) in [6.07, 6.45) is 1.98. The Morgan fingerprint density at radius 3 is 1.92 bits per heavy atom. The summed E-state index contributed by atoms with van der Waals surface area (Å²) in [6.45, 7) is 3.06. The van der Waals surface area contributed by atoms with Crippen molar-refractivity contribution in [2.45, 2.75) is 18.9 Å². The first kappa shape index (κ1) is 26.2. The number of benzene rings is 3. The Balaban J connectivity index is 1.38. The van der Waals surface area contributed by atoms with Gasteiger partial charge in [-0.15, -0.1) is 0 Å². The second-order valence-corrected chi connectivity index (χ2v) is 9.62. The molecule has 0 unspecified atom stereocenters. The Morgan fingerprint density at radius 2 is 1.31 bits per heavy atom. The molecule has 0 atom stereocenters. The van der Waals surface area contributed by atoms with Gasteiger partial charge in [0, 0.05) is 43.6 Å². The molecule has 1 saturated carbocycles. The third-order valence-corrected chi connectivity index (χ3v) is 7.11. The highest BCUT2D eigenvalue weighted by Crippen LogP contribution is 2.33. The Kier molecular flexibility index (Phi) is 7.76. The van der Waals surface area contributed by atoms with Gasteiger partial charge in [-0.3, -0.25) is 9.59 Å². The van der Waals surface area contributed by atoms with Gasteiger partial charge in [0.1, 0.15) is 22.8 Å². The van der Waals surface area contributed by atoms with E-state index in [1.54, 1.807) is 31.4 Å². The first-order valence-electron chi connectivity index (χ1n) is 13.1. The molecule has 3 aromatic carbocycles. The van der Waals surface area contributed by atoms with Gasteiger partial charge < -0.3 is 34.6 Å². The van der Waals surface area contributed by atoms with E-state index < -0.39 is 0 Å². The molecule has 3 aromatic rings. The van der Waals surface area contributed by atoms with E-state index in [1.165, 1.54) is 14.2 Å². The summed E-state index contributed by atoms with van der Waals surface area (Å²) in [5.74, 6) is 1.15. The van der Waals surface area contributed by atoms with Crippen LogP contribution in [0.2, 0.25) is 0 Å². The maximum Gasteiger partial charge on any atom is 0.263 e. The maximum absolute atomic E-state index is 13.3. The predicted molar refractivity (Wildman–Crippen MR) is 152 cm³/mol. The van der Waals surface area contributed by atoms with Gasteiger partial charge >= 0.3 is 0 Å². The zero-order chi connectivity index (χ0) is 27.4. The van der Waals surface area contributed by atoms with Crippen molar-refractivity contribution in [1.29, 1.82) is 0 Å². The van der Waals surface area contributed by atoms with Crippen molar-refractivity contribution in [3.05, 3.63) is 71.8 Å². The summed E-state index contributed by atoms with van der Waals surface area (Å²) in [7, 11) is 4.70. The van der Waals surface area contributed by atoms with Crippen LogP contribution in [0.5, 0.6) is 17.2 Å². The van der Waals surface area contributed by atoms with Crippen LogP contribution in [0.4, 0.5) is 17.1 Å². The molecule has 0 aromatic heterocycles. The quantitative estimate of drug-likeness (QED) is 0.429. The van der Waals surface area contributed by atoms with Crippen LogP contribution < -0.4 is 34.6 Å². The number of ether oxygens (including phenoxy) is 3. The van der Waals surface area contributed by atoms with Crippen LogP contribution in [-0.2, 0) is 0 Å². The number of piperazine rings is 1. The summed E-state index contributed by atoms with van der Waals surface area (Å²) in [5.41, 5.74) is 3.27. The summed E-state index contributed by atoms with van der Waals surface area (Å²) in [5, 5.41) is 6.03. The van der Waals surface area contributed by atoms with Crippen molar-refractivity contribution < 1.29 is 23.8 Å². The molecular weight excluding hydrogens is 496 g/mol. The molecule has 2 aliphatic rings. The average molecular weight is 531 g/mol. The molecule has 39 heavy (non-hydrogen) atoms. The number of carbonyl (C=O) groups is 2. The van der Waals surface area contributed by atoms with Crippen LogP contribution in [0.3, 0.4) is 0 Å². The van der Waals surface area contributed by atoms with Crippen molar-refractivity contribution in [2.75, 3.05) is 62.6 Å². The zero-order valence-corrected chi connectivity index (χ0v) is 22.5. The normalized spacial score (nSPS) is 14.9.